The van der Waals surface area contributed by atoms with Gasteiger partial charge in [0.25, 0.3) is 5.91 Å². The van der Waals surface area contributed by atoms with E-state index >= 15 is 0 Å². The Bertz CT molecular complexity index is 998. The molecule has 1 aliphatic heterocycles. The Morgan fingerprint density at radius 1 is 1.08 bits per heavy atom. The van der Waals surface area contributed by atoms with Gasteiger partial charge in [0.2, 0.25) is 0 Å². The lowest BCUT2D eigenvalue weighted by atomic mass is 10.1. The number of nitrogens with zero attached hydrogens (tertiary/aromatic N) is 3. The highest BCUT2D eigenvalue weighted by Crippen LogP contribution is 2.37. The second-order valence-electron chi connectivity index (χ2n) is 5.60. The van der Waals surface area contributed by atoms with Gasteiger partial charge in [-0.3, -0.25) is 9.69 Å². The Balaban J connectivity index is 1.77. The number of amides is 1. The highest BCUT2D eigenvalue weighted by Gasteiger charge is 2.34. The molecule has 0 saturated heterocycles. The maximum Gasteiger partial charge on any atom is 0.282 e. The maximum atomic E-state index is 13.0. The van der Waals surface area contributed by atoms with Crippen LogP contribution in [0.5, 0.6) is 0 Å². The van der Waals surface area contributed by atoms with Crippen molar-refractivity contribution in [3.8, 4) is 6.07 Å². The summed E-state index contributed by atoms with van der Waals surface area (Å²) in [5, 5.41) is 12.7. The molecule has 0 N–H and O–H groups in total. The average Bonchev–Trinajstić information content (AvgIpc) is 3.24. The first-order valence-electron chi connectivity index (χ1n) is 7.78. The second kappa shape index (κ2) is 6.34. The van der Waals surface area contributed by atoms with Crippen LogP contribution in [-0.4, -0.2) is 11.6 Å². The van der Waals surface area contributed by atoms with Crippen LogP contribution in [0.1, 0.15) is 11.1 Å². The summed E-state index contributed by atoms with van der Waals surface area (Å²) in [6.45, 7) is 0. The molecular weight excluding hydrogens is 330 g/mol. The van der Waals surface area contributed by atoms with Gasteiger partial charge >= 0.3 is 0 Å². The molecule has 25 heavy (non-hydrogen) atoms. The van der Waals surface area contributed by atoms with Crippen molar-refractivity contribution in [2.45, 2.75) is 6.42 Å². The summed E-state index contributed by atoms with van der Waals surface area (Å²) in [4.78, 5) is 19.3. The van der Waals surface area contributed by atoms with E-state index in [-0.39, 0.29) is 5.91 Å². The number of para-hydroxylation sites is 1. The van der Waals surface area contributed by atoms with E-state index in [4.69, 9.17) is 5.26 Å². The van der Waals surface area contributed by atoms with E-state index in [9.17, 15) is 4.79 Å². The van der Waals surface area contributed by atoms with Crippen molar-refractivity contribution in [3.63, 3.8) is 0 Å². The number of hydrogen-bond acceptors (Lipinski definition) is 4. The van der Waals surface area contributed by atoms with Gasteiger partial charge in [0.15, 0.2) is 0 Å². The lowest BCUT2D eigenvalue weighted by Gasteiger charge is -2.14. The predicted octanol–water partition coefficient (Wildman–Crippen LogP) is 4.61. The van der Waals surface area contributed by atoms with Gasteiger partial charge < -0.3 is 0 Å². The molecule has 1 aliphatic rings. The summed E-state index contributed by atoms with van der Waals surface area (Å²) in [6.07, 6.45) is 0.366. The fourth-order valence-corrected chi connectivity index (χ4v) is 3.48. The fraction of sp³-hybridized carbons (Fsp3) is 0.0500. The molecule has 2 heterocycles. The third kappa shape index (κ3) is 2.73. The monoisotopic (exact) mass is 343 g/mol. The van der Waals surface area contributed by atoms with Gasteiger partial charge in [-0.15, -0.1) is 0 Å². The molecule has 1 amide bonds. The fourth-order valence-electron chi connectivity index (χ4n) is 2.86. The second-order valence-corrected chi connectivity index (χ2v) is 6.38. The van der Waals surface area contributed by atoms with Gasteiger partial charge in [-0.1, -0.05) is 30.3 Å². The van der Waals surface area contributed by atoms with Crippen LogP contribution < -0.4 is 4.90 Å². The number of aliphatic imine (C=N–C) groups is 1. The number of thiophene rings is 1. The van der Waals surface area contributed by atoms with Crippen molar-refractivity contribution in [1.82, 2.24) is 0 Å². The number of rotatable bonds is 3. The molecule has 0 bridgehead atoms. The van der Waals surface area contributed by atoms with Crippen molar-refractivity contribution < 1.29 is 4.79 Å². The van der Waals surface area contributed by atoms with E-state index in [0.717, 1.165) is 22.5 Å². The van der Waals surface area contributed by atoms with E-state index < -0.39 is 0 Å². The van der Waals surface area contributed by atoms with Gasteiger partial charge in [-0.05, 0) is 35.2 Å². The minimum absolute atomic E-state index is 0.124. The Morgan fingerprint density at radius 3 is 2.60 bits per heavy atom. The minimum Gasteiger partial charge on any atom is -0.274 e. The van der Waals surface area contributed by atoms with Crippen LogP contribution in [0.2, 0.25) is 0 Å². The van der Waals surface area contributed by atoms with Gasteiger partial charge in [0, 0.05) is 10.9 Å². The zero-order valence-electron chi connectivity index (χ0n) is 13.2. The first kappa shape index (κ1) is 15.3. The molecule has 1 aromatic heterocycles. The Hall–Kier alpha value is -3.23. The number of anilines is 2. The summed E-state index contributed by atoms with van der Waals surface area (Å²) in [6, 6.07) is 19.1. The average molecular weight is 343 g/mol. The number of carbonyl (C=O) groups is 1. The molecule has 4 rings (SSSR count). The standard InChI is InChI=1S/C20H13N3OS/c21-11-9-14-5-7-15(8-6-14)22-19-17-3-1-2-4-18(17)23(20(19)24)16-10-12-25-13-16/h1-8,10,12-13H,9H2. The topological polar surface area (TPSA) is 56.5 Å². The molecule has 0 spiro atoms. The Morgan fingerprint density at radius 2 is 1.88 bits per heavy atom. The van der Waals surface area contributed by atoms with Crippen LogP contribution in [0.15, 0.2) is 70.3 Å². The van der Waals surface area contributed by atoms with Crippen molar-refractivity contribution in [1.29, 1.82) is 5.26 Å². The van der Waals surface area contributed by atoms with Crippen LogP contribution in [0.25, 0.3) is 0 Å². The van der Waals surface area contributed by atoms with E-state index in [0.29, 0.717) is 17.8 Å². The molecule has 0 unspecified atom stereocenters. The molecule has 5 heteroatoms. The van der Waals surface area contributed by atoms with Crippen LogP contribution in [0, 0.1) is 11.3 Å². The highest BCUT2D eigenvalue weighted by molar-refractivity contribution is 7.08. The summed E-state index contributed by atoms with van der Waals surface area (Å²) in [5.41, 5.74) is 4.62. The van der Waals surface area contributed by atoms with E-state index in [1.54, 1.807) is 16.2 Å². The third-order valence-electron chi connectivity index (χ3n) is 4.03. The molecular formula is C20H13N3OS. The zero-order valence-corrected chi connectivity index (χ0v) is 14.0. The molecule has 120 valence electrons. The molecule has 0 radical (unpaired) electrons. The summed E-state index contributed by atoms with van der Waals surface area (Å²) in [5.74, 6) is -0.124. The van der Waals surface area contributed by atoms with Crippen molar-refractivity contribution >= 4 is 40.0 Å². The molecule has 4 nitrogen and oxygen atoms in total. The molecule has 0 fully saturated rings. The van der Waals surface area contributed by atoms with Gasteiger partial charge in [-0.2, -0.15) is 16.6 Å². The number of fused-ring (bicyclic) bond motifs is 1. The highest BCUT2D eigenvalue weighted by atomic mass is 32.1. The van der Waals surface area contributed by atoms with Gasteiger partial charge in [-0.25, -0.2) is 4.99 Å². The molecule has 3 aromatic rings. The summed E-state index contributed by atoms with van der Waals surface area (Å²) in [7, 11) is 0. The van der Waals surface area contributed by atoms with E-state index in [1.165, 1.54) is 0 Å². The number of nitriles is 1. The largest absolute Gasteiger partial charge is 0.282 e. The first-order valence-corrected chi connectivity index (χ1v) is 8.73. The maximum absolute atomic E-state index is 13.0. The van der Waals surface area contributed by atoms with E-state index in [2.05, 4.69) is 11.1 Å². The van der Waals surface area contributed by atoms with Crippen molar-refractivity contribution in [3.05, 3.63) is 76.5 Å². The van der Waals surface area contributed by atoms with Gasteiger partial charge in [0.1, 0.15) is 5.71 Å². The van der Waals surface area contributed by atoms with Crippen LogP contribution >= 0.6 is 11.3 Å². The normalized spacial score (nSPS) is 14.6. The molecule has 2 aromatic carbocycles. The Kier molecular flexibility index (Phi) is 3.88. The van der Waals surface area contributed by atoms with Crippen LogP contribution in [0.4, 0.5) is 17.1 Å². The SMILES string of the molecule is N#CCc1ccc(N=C2C(=O)N(c3ccsc3)c3ccccc32)cc1. The summed E-state index contributed by atoms with van der Waals surface area (Å²) < 4.78 is 0. The zero-order chi connectivity index (χ0) is 17.2. The van der Waals surface area contributed by atoms with Crippen molar-refractivity contribution in [2.75, 3.05) is 4.90 Å². The lowest BCUT2D eigenvalue weighted by Crippen LogP contribution is -2.24. The van der Waals surface area contributed by atoms with E-state index in [1.807, 2.05) is 65.4 Å². The Labute approximate surface area is 149 Å². The summed E-state index contributed by atoms with van der Waals surface area (Å²) >= 11 is 1.55. The van der Waals surface area contributed by atoms with Crippen molar-refractivity contribution in [2.24, 2.45) is 4.99 Å². The minimum atomic E-state index is -0.124. The number of benzene rings is 2. The quantitative estimate of drug-likeness (QED) is 0.697. The predicted molar refractivity (Wildman–Crippen MR) is 99.9 cm³/mol. The molecule has 0 saturated carbocycles. The third-order valence-corrected chi connectivity index (χ3v) is 4.70. The van der Waals surface area contributed by atoms with Crippen LogP contribution in [-0.2, 0) is 11.2 Å². The number of hydrogen-bond donors (Lipinski definition) is 0. The first-order chi connectivity index (χ1) is 12.3. The smallest absolute Gasteiger partial charge is 0.274 e. The lowest BCUT2D eigenvalue weighted by molar-refractivity contribution is -0.111. The molecule has 0 aliphatic carbocycles. The molecule has 0 atom stereocenters. The van der Waals surface area contributed by atoms with Gasteiger partial charge in [0.05, 0.1) is 29.6 Å². The van der Waals surface area contributed by atoms with Crippen LogP contribution in [0.3, 0.4) is 0 Å². The number of carbonyl (C=O) groups excluding carboxylic acids is 1.